The van der Waals surface area contributed by atoms with Crippen LogP contribution in [-0.2, 0) is 0 Å². The number of benzene rings is 1. The zero-order valence-corrected chi connectivity index (χ0v) is 18.5. The van der Waals surface area contributed by atoms with Crippen molar-refractivity contribution in [3.8, 4) is 17.2 Å². The predicted octanol–water partition coefficient (Wildman–Crippen LogP) is 4.08. The van der Waals surface area contributed by atoms with Crippen LogP contribution in [-0.4, -0.2) is 40.2 Å². The number of rotatable bonds is 6. The van der Waals surface area contributed by atoms with Gasteiger partial charge in [0.2, 0.25) is 5.95 Å². The molecule has 0 atom stereocenters. The third-order valence-electron chi connectivity index (χ3n) is 5.65. The number of amides is 1. The van der Waals surface area contributed by atoms with Crippen LogP contribution in [0, 0.1) is 12.7 Å². The number of halogens is 1. The lowest BCUT2D eigenvalue weighted by atomic mass is 10.1. The van der Waals surface area contributed by atoms with Crippen molar-refractivity contribution in [2.45, 2.75) is 45.6 Å². The third kappa shape index (κ3) is 4.11. The molecule has 4 aromatic rings. The van der Waals surface area contributed by atoms with Crippen LogP contribution in [0.3, 0.4) is 0 Å². The topological polar surface area (TPSA) is 103 Å². The molecule has 168 valence electrons. The monoisotopic (exact) mass is 446 g/mol. The van der Waals surface area contributed by atoms with E-state index in [4.69, 9.17) is 0 Å². The minimum atomic E-state index is -0.640. The predicted molar refractivity (Wildman–Crippen MR) is 120 cm³/mol. The van der Waals surface area contributed by atoms with E-state index in [0.717, 1.165) is 18.5 Å². The van der Waals surface area contributed by atoms with Gasteiger partial charge in [-0.25, -0.2) is 19.3 Å². The minimum Gasteiger partial charge on any atom is -0.310 e. The lowest BCUT2D eigenvalue weighted by Crippen LogP contribution is -2.17. The maximum absolute atomic E-state index is 14.7. The van der Waals surface area contributed by atoms with Crippen LogP contribution in [0.25, 0.3) is 17.2 Å². The van der Waals surface area contributed by atoms with Crippen molar-refractivity contribution in [1.29, 1.82) is 0 Å². The minimum absolute atomic E-state index is 0.0518. The SMILES string of the molecule is Cc1cc(F)c(C(=O)Nc2nccc(-c3nncn3C(C)C)n2)cc1-n1cnc(C2CC2)c1. The number of anilines is 1. The molecule has 0 spiro atoms. The Kier molecular flexibility index (Phi) is 5.20. The number of nitrogens with zero attached hydrogens (tertiary/aromatic N) is 7. The number of carbonyl (C=O) groups excluding carboxylic acids is 1. The third-order valence-corrected chi connectivity index (χ3v) is 5.65. The molecule has 33 heavy (non-hydrogen) atoms. The molecule has 9 nitrogen and oxygen atoms in total. The molecule has 0 bridgehead atoms. The van der Waals surface area contributed by atoms with Gasteiger partial charge in [-0.1, -0.05) is 0 Å². The number of aromatic nitrogens is 7. The van der Waals surface area contributed by atoms with E-state index in [9.17, 15) is 9.18 Å². The molecule has 0 aliphatic heterocycles. The van der Waals surface area contributed by atoms with Gasteiger partial charge in [0.1, 0.15) is 17.8 Å². The smallest absolute Gasteiger partial charge is 0.261 e. The maximum atomic E-state index is 14.7. The van der Waals surface area contributed by atoms with Crippen molar-refractivity contribution in [1.82, 2.24) is 34.3 Å². The Labute approximate surface area is 189 Å². The number of hydrogen-bond donors (Lipinski definition) is 1. The van der Waals surface area contributed by atoms with E-state index in [0.29, 0.717) is 28.7 Å². The summed E-state index contributed by atoms with van der Waals surface area (Å²) in [4.78, 5) is 25.9. The van der Waals surface area contributed by atoms with Crippen LogP contribution >= 0.6 is 0 Å². The summed E-state index contributed by atoms with van der Waals surface area (Å²) in [5.74, 6) is -0.152. The molecule has 1 aliphatic carbocycles. The average molecular weight is 446 g/mol. The molecule has 1 amide bonds. The zero-order chi connectivity index (χ0) is 23.1. The molecule has 1 aliphatic rings. The van der Waals surface area contributed by atoms with E-state index in [2.05, 4.69) is 30.5 Å². The quantitative estimate of drug-likeness (QED) is 0.479. The van der Waals surface area contributed by atoms with Gasteiger partial charge in [0.05, 0.1) is 23.3 Å². The molecule has 3 aromatic heterocycles. The fraction of sp³-hybridized carbons (Fsp3) is 0.304. The second-order valence-corrected chi connectivity index (χ2v) is 8.47. The summed E-state index contributed by atoms with van der Waals surface area (Å²) in [7, 11) is 0. The summed E-state index contributed by atoms with van der Waals surface area (Å²) in [6.45, 7) is 5.80. The Morgan fingerprint density at radius 1 is 1.21 bits per heavy atom. The largest absolute Gasteiger partial charge is 0.310 e. The van der Waals surface area contributed by atoms with Crippen molar-refractivity contribution in [2.24, 2.45) is 0 Å². The molecular weight excluding hydrogens is 423 g/mol. The number of aryl methyl sites for hydroxylation is 1. The van der Waals surface area contributed by atoms with Crippen LogP contribution in [0.1, 0.15) is 60.3 Å². The number of nitrogens with one attached hydrogen (secondary N) is 1. The first-order valence-corrected chi connectivity index (χ1v) is 10.8. The molecule has 1 N–H and O–H groups in total. The van der Waals surface area contributed by atoms with Crippen molar-refractivity contribution in [3.63, 3.8) is 0 Å². The highest BCUT2D eigenvalue weighted by atomic mass is 19.1. The Balaban J connectivity index is 1.42. The fourth-order valence-electron chi connectivity index (χ4n) is 3.69. The lowest BCUT2D eigenvalue weighted by Gasteiger charge is -2.12. The molecule has 0 saturated heterocycles. The van der Waals surface area contributed by atoms with Gasteiger partial charge in [0, 0.05) is 24.4 Å². The highest BCUT2D eigenvalue weighted by Gasteiger charge is 2.26. The number of hydrogen-bond acceptors (Lipinski definition) is 6. The highest BCUT2D eigenvalue weighted by Crippen LogP contribution is 2.39. The summed E-state index contributed by atoms with van der Waals surface area (Å²) in [6.07, 6.45) is 9.05. The molecular formula is C23H23FN8O. The van der Waals surface area contributed by atoms with Gasteiger partial charge in [0.25, 0.3) is 5.91 Å². The number of carbonyl (C=O) groups is 1. The van der Waals surface area contributed by atoms with Gasteiger partial charge in [-0.15, -0.1) is 10.2 Å². The van der Waals surface area contributed by atoms with E-state index in [1.165, 1.54) is 18.3 Å². The summed E-state index contributed by atoms with van der Waals surface area (Å²) < 4.78 is 18.4. The number of imidazole rings is 1. The van der Waals surface area contributed by atoms with Gasteiger partial charge in [0.15, 0.2) is 5.82 Å². The van der Waals surface area contributed by atoms with E-state index in [1.54, 1.807) is 25.6 Å². The second kappa shape index (κ2) is 8.19. The lowest BCUT2D eigenvalue weighted by molar-refractivity contribution is 0.102. The van der Waals surface area contributed by atoms with Crippen molar-refractivity contribution in [2.75, 3.05) is 5.32 Å². The van der Waals surface area contributed by atoms with Crippen LogP contribution in [0.2, 0.25) is 0 Å². The van der Waals surface area contributed by atoms with Crippen molar-refractivity contribution < 1.29 is 9.18 Å². The molecule has 5 rings (SSSR count). The van der Waals surface area contributed by atoms with Crippen molar-refractivity contribution >= 4 is 11.9 Å². The first-order valence-electron chi connectivity index (χ1n) is 10.8. The first-order chi connectivity index (χ1) is 15.9. The molecule has 3 heterocycles. The Bertz CT molecular complexity index is 1340. The van der Waals surface area contributed by atoms with Crippen LogP contribution < -0.4 is 5.32 Å². The summed E-state index contributed by atoms with van der Waals surface area (Å²) in [5.41, 5.74) is 2.82. The zero-order valence-electron chi connectivity index (χ0n) is 18.5. The average Bonchev–Trinajstić information content (AvgIpc) is 3.31. The van der Waals surface area contributed by atoms with Gasteiger partial charge >= 0.3 is 0 Å². The Morgan fingerprint density at radius 3 is 2.79 bits per heavy atom. The van der Waals surface area contributed by atoms with Crippen LogP contribution in [0.15, 0.2) is 43.2 Å². The Hall–Kier alpha value is -3.95. The van der Waals surface area contributed by atoms with Gasteiger partial charge in [-0.3, -0.25) is 10.1 Å². The summed E-state index contributed by atoms with van der Waals surface area (Å²) in [5, 5.41) is 10.7. The molecule has 0 unspecified atom stereocenters. The highest BCUT2D eigenvalue weighted by molar-refractivity contribution is 6.04. The standard InChI is InChI=1S/C23H23FN8O/c1-13(2)32-12-27-30-21(32)18-6-7-25-23(28-18)29-22(33)16-9-20(14(3)8-17(16)24)31-10-19(26-11-31)15-4-5-15/h6-13,15H,4-5H2,1-3H3,(H,25,28,29,33). The van der Waals surface area contributed by atoms with E-state index in [-0.39, 0.29) is 17.6 Å². The van der Waals surface area contributed by atoms with Crippen LogP contribution in [0.5, 0.6) is 0 Å². The van der Waals surface area contributed by atoms with Crippen LogP contribution in [0.4, 0.5) is 10.3 Å². The van der Waals surface area contributed by atoms with Gasteiger partial charge < -0.3 is 9.13 Å². The summed E-state index contributed by atoms with van der Waals surface area (Å²) in [6, 6.07) is 4.69. The van der Waals surface area contributed by atoms with E-state index < -0.39 is 11.7 Å². The maximum Gasteiger partial charge on any atom is 0.261 e. The van der Waals surface area contributed by atoms with Gasteiger partial charge in [-0.05, 0) is 57.4 Å². The fourth-order valence-corrected chi connectivity index (χ4v) is 3.69. The molecule has 1 fully saturated rings. The molecule has 10 heteroatoms. The van der Waals surface area contributed by atoms with E-state index >= 15 is 0 Å². The molecule has 1 saturated carbocycles. The van der Waals surface area contributed by atoms with Crippen molar-refractivity contribution in [3.05, 3.63) is 65.9 Å². The summed E-state index contributed by atoms with van der Waals surface area (Å²) >= 11 is 0. The normalized spacial score (nSPS) is 13.5. The van der Waals surface area contributed by atoms with E-state index in [1.807, 2.05) is 29.2 Å². The molecule has 1 aromatic carbocycles. The van der Waals surface area contributed by atoms with Gasteiger partial charge in [-0.2, -0.15) is 0 Å². The first kappa shape index (κ1) is 20.9. The second-order valence-electron chi connectivity index (χ2n) is 8.47. The molecule has 0 radical (unpaired) electrons. The Morgan fingerprint density at radius 2 is 2.03 bits per heavy atom.